The Morgan fingerprint density at radius 1 is 1.00 bits per heavy atom. The molecule has 1 fully saturated rings. The fourth-order valence-electron chi connectivity index (χ4n) is 3.80. The van der Waals surface area contributed by atoms with E-state index in [-0.39, 0.29) is 28.3 Å². The third-order valence-corrected chi connectivity index (χ3v) is 5.33. The summed E-state index contributed by atoms with van der Waals surface area (Å²) in [5, 5.41) is 31.6. The summed E-state index contributed by atoms with van der Waals surface area (Å²) in [4.78, 5) is 37.3. The van der Waals surface area contributed by atoms with Gasteiger partial charge in [0.05, 0.1) is 16.5 Å². The lowest BCUT2D eigenvalue weighted by molar-refractivity contribution is -0.384. The predicted octanol–water partition coefficient (Wildman–Crippen LogP) is 4.83. The highest BCUT2D eigenvalue weighted by Gasteiger charge is 2.47. The highest BCUT2D eigenvalue weighted by atomic mass is 19.4. The number of hydrogen-bond acceptors (Lipinski definition) is 7. The van der Waals surface area contributed by atoms with Gasteiger partial charge in [-0.2, -0.15) is 0 Å². The largest absolute Gasteiger partial charge is 0.573 e. The minimum Gasteiger partial charge on any atom is -0.508 e. The number of carbonyl (C=O) groups is 2. The van der Waals surface area contributed by atoms with Crippen LogP contribution in [-0.2, 0) is 9.59 Å². The number of rotatable bonds is 5. The first kappa shape index (κ1) is 24.3. The number of alkyl halides is 3. The van der Waals surface area contributed by atoms with E-state index in [1.807, 2.05) is 0 Å². The number of hydrogen-bond donors (Lipinski definition) is 2. The number of ether oxygens (including phenoxy) is 1. The summed E-state index contributed by atoms with van der Waals surface area (Å²) in [6.45, 7) is 0. The molecule has 0 bridgehead atoms. The quantitative estimate of drug-likeness (QED) is 0.169. The number of Topliss-reactive ketones (excluding diaryl/α,β-unsaturated/α-hetero) is 1. The molecule has 2 N–H and O–H groups in total. The van der Waals surface area contributed by atoms with Crippen molar-refractivity contribution in [2.45, 2.75) is 12.4 Å². The molecule has 1 unspecified atom stereocenters. The second-order valence-electron chi connectivity index (χ2n) is 7.61. The molecule has 184 valence electrons. The molecule has 36 heavy (non-hydrogen) atoms. The first-order valence-corrected chi connectivity index (χ1v) is 10.2. The summed E-state index contributed by atoms with van der Waals surface area (Å²) in [7, 11) is 0. The van der Waals surface area contributed by atoms with E-state index in [0.717, 1.165) is 29.2 Å². The van der Waals surface area contributed by atoms with Crippen molar-refractivity contribution in [1.29, 1.82) is 0 Å². The van der Waals surface area contributed by atoms with Gasteiger partial charge in [0.15, 0.2) is 0 Å². The predicted molar refractivity (Wildman–Crippen MR) is 119 cm³/mol. The molecule has 1 heterocycles. The summed E-state index contributed by atoms with van der Waals surface area (Å²) in [6, 6.07) is 13.0. The van der Waals surface area contributed by atoms with Crippen LogP contribution in [0.5, 0.6) is 11.5 Å². The fraction of sp³-hybridized carbons (Fsp3) is 0.0833. The van der Waals surface area contributed by atoms with Crippen molar-refractivity contribution >= 4 is 28.8 Å². The van der Waals surface area contributed by atoms with Crippen molar-refractivity contribution in [1.82, 2.24) is 0 Å². The Hall–Kier alpha value is -4.87. The Kier molecular flexibility index (Phi) is 6.10. The molecule has 4 rings (SSSR count). The molecule has 0 aromatic heterocycles. The number of carbonyl (C=O) groups excluding carboxylic acids is 2. The zero-order chi connectivity index (χ0) is 26.2. The van der Waals surface area contributed by atoms with Crippen LogP contribution in [0.1, 0.15) is 17.2 Å². The van der Waals surface area contributed by atoms with Crippen molar-refractivity contribution in [3.63, 3.8) is 0 Å². The van der Waals surface area contributed by atoms with Crippen molar-refractivity contribution in [3.05, 3.63) is 99.6 Å². The molecule has 3 aromatic carbocycles. The summed E-state index contributed by atoms with van der Waals surface area (Å²) < 4.78 is 42.1. The Balaban J connectivity index is 1.88. The zero-order valence-electron chi connectivity index (χ0n) is 18.0. The van der Waals surface area contributed by atoms with E-state index in [2.05, 4.69) is 4.74 Å². The summed E-state index contributed by atoms with van der Waals surface area (Å²) in [5.41, 5.74) is -0.556. The molecule has 1 amide bonds. The number of aliphatic hydroxyl groups excluding tert-OH is 1. The number of amides is 1. The second-order valence-corrected chi connectivity index (χ2v) is 7.61. The van der Waals surface area contributed by atoms with Crippen molar-refractivity contribution in [2.24, 2.45) is 0 Å². The third-order valence-electron chi connectivity index (χ3n) is 5.33. The van der Waals surface area contributed by atoms with E-state index in [1.165, 1.54) is 48.5 Å². The minimum absolute atomic E-state index is 0.00321. The number of nitro benzene ring substituents is 1. The van der Waals surface area contributed by atoms with E-state index in [4.69, 9.17) is 0 Å². The van der Waals surface area contributed by atoms with Gasteiger partial charge in [-0.25, -0.2) is 0 Å². The van der Waals surface area contributed by atoms with E-state index in [1.54, 1.807) is 0 Å². The number of phenols is 1. The van der Waals surface area contributed by atoms with Crippen LogP contribution in [0.2, 0.25) is 0 Å². The summed E-state index contributed by atoms with van der Waals surface area (Å²) in [6.07, 6.45) is -5.00. The number of nitrogens with zero attached hydrogens (tertiary/aromatic N) is 2. The fourth-order valence-corrected chi connectivity index (χ4v) is 3.80. The number of ketones is 1. The number of anilines is 1. The number of aliphatic hydroxyl groups is 1. The van der Waals surface area contributed by atoms with Gasteiger partial charge in [-0.1, -0.05) is 18.2 Å². The van der Waals surface area contributed by atoms with Crippen molar-refractivity contribution < 1.29 is 42.6 Å². The van der Waals surface area contributed by atoms with Crippen LogP contribution in [-0.4, -0.2) is 33.2 Å². The lowest BCUT2D eigenvalue weighted by Gasteiger charge is -2.26. The highest BCUT2D eigenvalue weighted by Crippen LogP contribution is 2.43. The van der Waals surface area contributed by atoms with E-state index in [9.17, 15) is 43.1 Å². The number of nitro groups is 1. The molecular formula is C24H15F3N2O7. The topological polar surface area (TPSA) is 130 Å². The molecule has 0 spiro atoms. The maximum absolute atomic E-state index is 13.1. The zero-order valence-corrected chi connectivity index (χ0v) is 18.0. The van der Waals surface area contributed by atoms with Crippen molar-refractivity contribution in [3.8, 4) is 11.5 Å². The monoisotopic (exact) mass is 500 g/mol. The third kappa shape index (κ3) is 4.69. The second kappa shape index (κ2) is 9.06. The Morgan fingerprint density at radius 2 is 1.64 bits per heavy atom. The summed E-state index contributed by atoms with van der Waals surface area (Å²) >= 11 is 0. The van der Waals surface area contributed by atoms with Crippen LogP contribution in [0.3, 0.4) is 0 Å². The number of halogens is 3. The number of benzene rings is 3. The Bertz CT molecular complexity index is 1380. The first-order valence-electron chi connectivity index (χ1n) is 10.2. The van der Waals surface area contributed by atoms with E-state index >= 15 is 0 Å². The Labute approximate surface area is 200 Å². The van der Waals surface area contributed by atoms with Crippen molar-refractivity contribution in [2.75, 3.05) is 4.90 Å². The maximum atomic E-state index is 13.1. The van der Waals surface area contributed by atoms with Crippen LogP contribution in [0.25, 0.3) is 5.76 Å². The van der Waals surface area contributed by atoms with Gasteiger partial charge in [0.25, 0.3) is 17.4 Å². The molecular weight excluding hydrogens is 485 g/mol. The summed E-state index contributed by atoms with van der Waals surface area (Å²) in [5.74, 6) is -3.69. The first-order chi connectivity index (χ1) is 17.0. The van der Waals surface area contributed by atoms with E-state index < -0.39 is 46.1 Å². The van der Waals surface area contributed by atoms with Gasteiger partial charge in [0.2, 0.25) is 0 Å². The highest BCUT2D eigenvalue weighted by molar-refractivity contribution is 6.51. The molecule has 1 saturated heterocycles. The number of aromatic hydroxyl groups is 1. The lowest BCUT2D eigenvalue weighted by atomic mass is 9.95. The van der Waals surface area contributed by atoms with Gasteiger partial charge in [-0.15, -0.1) is 13.2 Å². The van der Waals surface area contributed by atoms with Crippen LogP contribution in [0, 0.1) is 10.1 Å². The van der Waals surface area contributed by atoms with Gasteiger partial charge in [0, 0.05) is 29.4 Å². The molecule has 1 atom stereocenters. The van der Waals surface area contributed by atoms with Crippen LogP contribution < -0.4 is 9.64 Å². The molecule has 12 heteroatoms. The molecule has 1 aliphatic rings. The van der Waals surface area contributed by atoms with Crippen LogP contribution in [0.4, 0.5) is 24.5 Å². The van der Waals surface area contributed by atoms with Gasteiger partial charge in [-0.05, 0) is 42.0 Å². The number of non-ortho nitro benzene ring substituents is 1. The molecule has 0 saturated carbocycles. The standard InChI is InChI=1S/C24H15F3N2O7/c25-24(26,27)36-18-3-1-2-16(12-18)28-20(13-6-10-17(30)11-7-13)19(22(32)23(28)33)21(31)14-4-8-15(9-5-14)29(34)35/h1-12,20,30-31H/b21-19+. The SMILES string of the molecule is O=C1C(=O)N(c2cccc(OC(F)(F)F)c2)C(c2ccc(O)cc2)/C1=C(\O)c1ccc([N+](=O)[O-])cc1. The van der Waals surface area contributed by atoms with Crippen LogP contribution in [0.15, 0.2) is 78.4 Å². The Morgan fingerprint density at radius 3 is 2.22 bits per heavy atom. The maximum Gasteiger partial charge on any atom is 0.573 e. The van der Waals surface area contributed by atoms with E-state index in [0.29, 0.717) is 0 Å². The molecule has 3 aromatic rings. The molecule has 0 radical (unpaired) electrons. The molecule has 1 aliphatic heterocycles. The van der Waals surface area contributed by atoms with Gasteiger partial charge < -0.3 is 14.9 Å². The molecule has 0 aliphatic carbocycles. The van der Waals surface area contributed by atoms with Gasteiger partial charge in [-0.3, -0.25) is 24.6 Å². The molecule has 9 nitrogen and oxygen atoms in total. The van der Waals surface area contributed by atoms with Gasteiger partial charge >= 0.3 is 6.36 Å². The average Bonchev–Trinajstić information content (AvgIpc) is 3.08. The van der Waals surface area contributed by atoms with Crippen LogP contribution >= 0.6 is 0 Å². The smallest absolute Gasteiger partial charge is 0.508 e. The minimum atomic E-state index is -5.00. The van der Waals surface area contributed by atoms with Gasteiger partial charge in [0.1, 0.15) is 17.3 Å². The lowest BCUT2D eigenvalue weighted by Crippen LogP contribution is -2.29. The normalized spacial score (nSPS) is 17.3. The number of phenolic OH excluding ortho intramolecular Hbond substituents is 1. The average molecular weight is 500 g/mol.